The van der Waals surface area contributed by atoms with Gasteiger partial charge in [-0.2, -0.15) is 0 Å². The van der Waals surface area contributed by atoms with Crippen LogP contribution < -0.4 is 10.2 Å². The van der Waals surface area contributed by atoms with Crippen LogP contribution >= 0.6 is 11.3 Å². The number of methoxy groups -OCH3 is 1. The smallest absolute Gasteiger partial charge is 0.323 e. The third-order valence-electron chi connectivity index (χ3n) is 3.19. The van der Waals surface area contributed by atoms with E-state index >= 15 is 0 Å². The summed E-state index contributed by atoms with van der Waals surface area (Å²) in [5, 5.41) is 4.29. The fourth-order valence-corrected chi connectivity index (χ4v) is 2.94. The second kappa shape index (κ2) is 8.21. The average molecular weight is 299 g/mol. The van der Waals surface area contributed by atoms with Gasteiger partial charge in [-0.25, -0.2) is 4.98 Å². The molecule has 1 rings (SSSR count). The molecule has 1 atom stereocenters. The Kier molecular flexibility index (Phi) is 6.95. The highest BCUT2D eigenvalue weighted by molar-refractivity contribution is 7.15. The van der Waals surface area contributed by atoms with Crippen molar-refractivity contribution in [2.24, 2.45) is 5.92 Å². The Hall–Kier alpha value is -1.14. The molecule has 1 N–H and O–H groups in total. The van der Waals surface area contributed by atoms with Crippen LogP contribution in [0, 0.1) is 5.92 Å². The van der Waals surface area contributed by atoms with Crippen LogP contribution in [0.2, 0.25) is 0 Å². The molecule has 0 saturated heterocycles. The molecule has 6 heteroatoms. The molecule has 0 bridgehead atoms. The van der Waals surface area contributed by atoms with E-state index in [9.17, 15) is 4.79 Å². The van der Waals surface area contributed by atoms with Crippen LogP contribution in [0.15, 0.2) is 6.20 Å². The highest BCUT2D eigenvalue weighted by atomic mass is 32.1. The molecule has 0 amide bonds. The lowest BCUT2D eigenvalue weighted by atomic mass is 10.0. The molecule has 0 radical (unpaired) electrons. The van der Waals surface area contributed by atoms with Crippen LogP contribution in [0.1, 0.15) is 32.6 Å². The number of carbonyl (C=O) groups is 1. The monoisotopic (exact) mass is 299 g/mol. The average Bonchev–Trinajstić information content (AvgIpc) is 2.88. The first-order valence-electron chi connectivity index (χ1n) is 7.04. The number of aromatic nitrogens is 1. The van der Waals surface area contributed by atoms with Crippen molar-refractivity contribution in [3.63, 3.8) is 0 Å². The number of nitrogens with zero attached hydrogens (tertiary/aromatic N) is 2. The molecule has 1 aromatic rings. The summed E-state index contributed by atoms with van der Waals surface area (Å²) in [6.45, 7) is 10.8. The summed E-state index contributed by atoms with van der Waals surface area (Å²) in [6, 6.07) is -0.279. The van der Waals surface area contributed by atoms with Crippen molar-refractivity contribution in [1.82, 2.24) is 10.3 Å². The van der Waals surface area contributed by atoms with Gasteiger partial charge in [0, 0.05) is 30.7 Å². The number of hydrogen-bond acceptors (Lipinski definition) is 6. The van der Waals surface area contributed by atoms with E-state index in [0.29, 0.717) is 6.54 Å². The zero-order valence-corrected chi connectivity index (χ0v) is 13.8. The molecule has 5 nitrogen and oxygen atoms in total. The fraction of sp³-hybridized carbons (Fsp3) is 0.714. The quantitative estimate of drug-likeness (QED) is 0.746. The Labute approximate surface area is 125 Å². The second-order valence-corrected chi connectivity index (χ2v) is 6.00. The van der Waals surface area contributed by atoms with Crippen molar-refractivity contribution in [1.29, 1.82) is 0 Å². The molecule has 0 fully saturated rings. The first-order valence-corrected chi connectivity index (χ1v) is 7.85. The lowest BCUT2D eigenvalue weighted by Gasteiger charge is -2.19. The van der Waals surface area contributed by atoms with Gasteiger partial charge in [0.2, 0.25) is 0 Å². The van der Waals surface area contributed by atoms with Crippen molar-refractivity contribution in [3.05, 3.63) is 11.1 Å². The summed E-state index contributed by atoms with van der Waals surface area (Å²) in [7, 11) is 1.42. The van der Waals surface area contributed by atoms with Gasteiger partial charge >= 0.3 is 5.97 Å². The van der Waals surface area contributed by atoms with E-state index in [-0.39, 0.29) is 17.9 Å². The number of nitrogens with one attached hydrogen (secondary N) is 1. The predicted octanol–water partition coefficient (Wildman–Crippen LogP) is 2.28. The van der Waals surface area contributed by atoms with E-state index in [1.807, 2.05) is 20.0 Å². The van der Waals surface area contributed by atoms with Crippen molar-refractivity contribution >= 4 is 22.4 Å². The molecule has 0 unspecified atom stereocenters. The molecule has 1 heterocycles. The minimum Gasteiger partial charge on any atom is -0.468 e. The van der Waals surface area contributed by atoms with Gasteiger partial charge in [-0.15, -0.1) is 11.3 Å². The Morgan fingerprint density at radius 3 is 2.60 bits per heavy atom. The van der Waals surface area contributed by atoms with Gasteiger partial charge in [-0.1, -0.05) is 13.8 Å². The Morgan fingerprint density at radius 2 is 2.10 bits per heavy atom. The number of ether oxygens (including phenoxy) is 1. The fourth-order valence-electron chi connectivity index (χ4n) is 1.95. The normalized spacial score (nSPS) is 12.5. The number of hydrogen-bond donors (Lipinski definition) is 1. The first kappa shape index (κ1) is 16.9. The number of thiazole rings is 1. The number of rotatable bonds is 8. The summed E-state index contributed by atoms with van der Waals surface area (Å²) < 4.78 is 4.82. The van der Waals surface area contributed by atoms with Crippen LogP contribution in [0.25, 0.3) is 0 Å². The molecule has 1 aromatic heterocycles. The Bertz CT molecular complexity index is 416. The van der Waals surface area contributed by atoms with Gasteiger partial charge in [-0.3, -0.25) is 10.1 Å². The van der Waals surface area contributed by atoms with Gasteiger partial charge in [0.05, 0.1) is 7.11 Å². The maximum atomic E-state index is 11.7. The van der Waals surface area contributed by atoms with E-state index in [4.69, 9.17) is 4.74 Å². The van der Waals surface area contributed by atoms with Gasteiger partial charge in [-0.05, 0) is 19.8 Å². The summed E-state index contributed by atoms with van der Waals surface area (Å²) in [4.78, 5) is 19.5. The summed E-state index contributed by atoms with van der Waals surface area (Å²) in [5.41, 5.74) is 0. The zero-order chi connectivity index (χ0) is 15.1. The van der Waals surface area contributed by atoms with Gasteiger partial charge < -0.3 is 9.64 Å². The van der Waals surface area contributed by atoms with Crippen molar-refractivity contribution in [2.45, 2.75) is 40.3 Å². The summed E-state index contributed by atoms with van der Waals surface area (Å²) in [6.07, 6.45) is 1.87. The molecular formula is C14H25N3O2S. The van der Waals surface area contributed by atoms with E-state index < -0.39 is 0 Å². The van der Waals surface area contributed by atoms with E-state index in [2.05, 4.69) is 29.0 Å². The third kappa shape index (κ3) is 4.45. The maximum absolute atomic E-state index is 11.7. The molecule has 0 aliphatic rings. The van der Waals surface area contributed by atoms with Crippen LogP contribution in [-0.2, 0) is 16.1 Å². The molecule has 20 heavy (non-hydrogen) atoms. The lowest BCUT2D eigenvalue weighted by Crippen LogP contribution is -2.41. The zero-order valence-electron chi connectivity index (χ0n) is 13.0. The van der Waals surface area contributed by atoms with Gasteiger partial charge in [0.1, 0.15) is 6.04 Å². The molecule has 114 valence electrons. The van der Waals surface area contributed by atoms with E-state index in [1.165, 1.54) is 7.11 Å². The Balaban J connectivity index is 2.63. The molecule has 0 spiro atoms. The lowest BCUT2D eigenvalue weighted by molar-refractivity contribution is -0.144. The molecule has 0 aliphatic carbocycles. The Morgan fingerprint density at radius 1 is 1.45 bits per heavy atom. The largest absolute Gasteiger partial charge is 0.468 e. The van der Waals surface area contributed by atoms with Crippen molar-refractivity contribution < 1.29 is 9.53 Å². The van der Waals surface area contributed by atoms with Gasteiger partial charge in [0.15, 0.2) is 5.13 Å². The van der Waals surface area contributed by atoms with Crippen molar-refractivity contribution in [3.8, 4) is 0 Å². The summed E-state index contributed by atoms with van der Waals surface area (Å²) in [5.74, 6) is -0.0221. The minimum atomic E-state index is -0.279. The van der Waals surface area contributed by atoms with Crippen LogP contribution in [0.4, 0.5) is 5.13 Å². The standard InChI is InChI=1S/C14H25N3O2S/c1-6-17(7-2)14-16-9-11(20-14)8-15-12(10(3)4)13(18)19-5/h9-10,12,15H,6-8H2,1-5H3/t12-/m0/s1. The predicted molar refractivity (Wildman–Crippen MR) is 83.2 cm³/mol. The number of carbonyl (C=O) groups excluding carboxylic acids is 1. The highest BCUT2D eigenvalue weighted by Gasteiger charge is 2.22. The maximum Gasteiger partial charge on any atom is 0.323 e. The number of anilines is 1. The van der Waals surface area contributed by atoms with Crippen LogP contribution in [-0.4, -0.2) is 37.2 Å². The third-order valence-corrected chi connectivity index (χ3v) is 4.25. The van der Waals surface area contributed by atoms with Crippen LogP contribution in [0.5, 0.6) is 0 Å². The van der Waals surface area contributed by atoms with E-state index in [0.717, 1.165) is 23.1 Å². The molecule has 0 aliphatic heterocycles. The molecule has 0 aromatic carbocycles. The van der Waals surface area contributed by atoms with Crippen molar-refractivity contribution in [2.75, 3.05) is 25.1 Å². The second-order valence-electron chi connectivity index (χ2n) is 4.91. The van der Waals surface area contributed by atoms with Gasteiger partial charge in [0.25, 0.3) is 0 Å². The highest BCUT2D eigenvalue weighted by Crippen LogP contribution is 2.22. The SMILES string of the molecule is CCN(CC)c1ncc(CN[C@H](C(=O)OC)C(C)C)s1. The van der Waals surface area contributed by atoms with E-state index in [1.54, 1.807) is 11.3 Å². The minimum absolute atomic E-state index is 0.192. The molecule has 0 saturated carbocycles. The topological polar surface area (TPSA) is 54.5 Å². The van der Waals surface area contributed by atoms with Crippen LogP contribution in [0.3, 0.4) is 0 Å². The number of esters is 1. The summed E-state index contributed by atoms with van der Waals surface area (Å²) >= 11 is 1.66. The molecular weight excluding hydrogens is 274 g/mol. The first-order chi connectivity index (χ1) is 9.53.